The van der Waals surface area contributed by atoms with Gasteiger partial charge in [0, 0.05) is 38.1 Å². The van der Waals surface area contributed by atoms with Crippen LogP contribution in [-0.2, 0) is 4.74 Å². The molecule has 0 bridgehead atoms. The molecular weight excluding hydrogens is 354 g/mol. The van der Waals surface area contributed by atoms with Crippen molar-refractivity contribution in [3.63, 3.8) is 0 Å². The molecule has 0 aliphatic carbocycles. The van der Waals surface area contributed by atoms with Crippen LogP contribution in [0.4, 0.5) is 11.6 Å². The summed E-state index contributed by atoms with van der Waals surface area (Å²) in [4.78, 5) is 23.4. The Kier molecular flexibility index (Phi) is 6.95. The van der Waals surface area contributed by atoms with Gasteiger partial charge in [0.2, 0.25) is 5.95 Å². The van der Waals surface area contributed by atoms with E-state index in [0.29, 0.717) is 24.1 Å². The van der Waals surface area contributed by atoms with Crippen molar-refractivity contribution in [3.8, 4) is 0 Å². The topological polar surface area (TPSA) is 79.4 Å². The van der Waals surface area contributed by atoms with Crippen molar-refractivity contribution in [1.82, 2.24) is 20.2 Å². The van der Waals surface area contributed by atoms with E-state index >= 15 is 0 Å². The van der Waals surface area contributed by atoms with E-state index in [1.807, 2.05) is 0 Å². The Morgan fingerprint density at radius 2 is 2.04 bits per heavy atom. The number of amides is 1. The average Bonchev–Trinajstić information content (AvgIpc) is 2.70. The number of nitrogens with one attached hydrogen (secondary N) is 2. The third-order valence-electron chi connectivity index (χ3n) is 4.87. The molecule has 28 heavy (non-hydrogen) atoms. The molecule has 7 nitrogen and oxygen atoms in total. The lowest BCUT2D eigenvalue weighted by molar-refractivity contribution is 0.0383. The second-order valence-corrected chi connectivity index (χ2v) is 7.29. The number of hydrogen-bond donors (Lipinski definition) is 2. The Bertz CT molecular complexity index is 803. The number of hydrogen-bond acceptors (Lipinski definition) is 6. The molecule has 1 saturated heterocycles. The molecule has 2 heterocycles. The molecule has 0 radical (unpaired) electrons. The highest BCUT2D eigenvalue weighted by molar-refractivity contribution is 5.92. The van der Waals surface area contributed by atoms with Crippen LogP contribution >= 0.6 is 0 Å². The zero-order chi connectivity index (χ0) is 19.9. The Hall–Kier alpha value is -2.51. The fourth-order valence-electron chi connectivity index (χ4n) is 3.24. The minimum absolute atomic E-state index is 0.187. The van der Waals surface area contributed by atoms with E-state index < -0.39 is 0 Å². The molecular formula is C21H29N5O2. The first-order valence-electron chi connectivity index (χ1n) is 9.82. The summed E-state index contributed by atoms with van der Waals surface area (Å²) in [6.45, 7) is 11.1. The molecule has 0 spiro atoms. The van der Waals surface area contributed by atoms with Gasteiger partial charge in [-0.15, -0.1) is 0 Å². The summed E-state index contributed by atoms with van der Waals surface area (Å²) in [5.74, 6) is 0.610. The molecule has 1 amide bonds. The standard InChI is InChI=1S/C21H29N5O2/c1-15(2)17-6-4-5-16(3)19(17)25-21-23-8-7-18(24-21)20(27)22-9-10-26-11-13-28-14-12-26/h4-8,15H,9-14H2,1-3H3,(H,22,27)(H,23,24,25). The quantitative estimate of drug-likeness (QED) is 0.765. The number of carbonyl (C=O) groups is 1. The minimum Gasteiger partial charge on any atom is -0.379 e. The summed E-state index contributed by atoms with van der Waals surface area (Å²) in [6.07, 6.45) is 1.61. The zero-order valence-electron chi connectivity index (χ0n) is 16.9. The highest BCUT2D eigenvalue weighted by atomic mass is 16.5. The van der Waals surface area contributed by atoms with Crippen LogP contribution < -0.4 is 10.6 Å². The number of anilines is 2. The van der Waals surface area contributed by atoms with Crippen molar-refractivity contribution in [1.29, 1.82) is 0 Å². The first-order chi connectivity index (χ1) is 13.5. The second-order valence-electron chi connectivity index (χ2n) is 7.29. The van der Waals surface area contributed by atoms with Crippen molar-refractivity contribution in [2.45, 2.75) is 26.7 Å². The Morgan fingerprint density at radius 1 is 1.25 bits per heavy atom. The SMILES string of the molecule is Cc1cccc(C(C)C)c1Nc1nccc(C(=O)NCCN2CCOCC2)n1. The largest absolute Gasteiger partial charge is 0.379 e. The van der Waals surface area contributed by atoms with Crippen LogP contribution in [0.3, 0.4) is 0 Å². The summed E-state index contributed by atoms with van der Waals surface area (Å²) in [5, 5.41) is 6.24. The molecule has 2 N–H and O–H groups in total. The highest BCUT2D eigenvalue weighted by Crippen LogP contribution is 2.29. The van der Waals surface area contributed by atoms with Crippen LogP contribution in [0.1, 0.15) is 41.4 Å². The number of carbonyl (C=O) groups excluding carboxylic acids is 1. The summed E-state index contributed by atoms with van der Waals surface area (Å²) >= 11 is 0. The molecule has 0 unspecified atom stereocenters. The summed E-state index contributed by atoms with van der Waals surface area (Å²) in [6, 6.07) is 7.84. The molecule has 7 heteroatoms. The molecule has 1 aliphatic rings. The summed E-state index contributed by atoms with van der Waals surface area (Å²) < 4.78 is 5.34. The van der Waals surface area contributed by atoms with Crippen molar-refractivity contribution in [2.75, 3.05) is 44.7 Å². The van der Waals surface area contributed by atoms with Crippen molar-refractivity contribution in [3.05, 3.63) is 47.3 Å². The van der Waals surface area contributed by atoms with E-state index in [0.717, 1.165) is 44.1 Å². The van der Waals surface area contributed by atoms with Crippen LogP contribution in [0.15, 0.2) is 30.5 Å². The van der Waals surface area contributed by atoms with Gasteiger partial charge in [-0.1, -0.05) is 32.0 Å². The third kappa shape index (κ3) is 5.27. The number of benzene rings is 1. The van der Waals surface area contributed by atoms with Gasteiger partial charge in [0.05, 0.1) is 13.2 Å². The zero-order valence-corrected chi connectivity index (χ0v) is 16.9. The number of nitrogens with zero attached hydrogens (tertiary/aromatic N) is 3. The fourth-order valence-corrected chi connectivity index (χ4v) is 3.24. The predicted octanol–water partition coefficient (Wildman–Crippen LogP) is 2.71. The monoisotopic (exact) mass is 383 g/mol. The lowest BCUT2D eigenvalue weighted by Crippen LogP contribution is -2.41. The van der Waals surface area contributed by atoms with Crippen LogP contribution in [0.25, 0.3) is 0 Å². The molecule has 1 aliphatic heterocycles. The van der Waals surface area contributed by atoms with Gasteiger partial charge in [-0.05, 0) is 30.0 Å². The molecule has 3 rings (SSSR count). The van der Waals surface area contributed by atoms with Gasteiger partial charge in [0.15, 0.2) is 0 Å². The molecule has 0 atom stereocenters. The lowest BCUT2D eigenvalue weighted by atomic mass is 9.98. The van der Waals surface area contributed by atoms with E-state index in [9.17, 15) is 4.79 Å². The van der Waals surface area contributed by atoms with Gasteiger partial charge in [0.1, 0.15) is 5.69 Å². The van der Waals surface area contributed by atoms with Crippen molar-refractivity contribution in [2.24, 2.45) is 0 Å². The molecule has 1 aromatic carbocycles. The Labute approximate surface area is 166 Å². The number of ether oxygens (including phenoxy) is 1. The van der Waals surface area contributed by atoms with E-state index in [2.05, 4.69) is 64.5 Å². The first-order valence-corrected chi connectivity index (χ1v) is 9.82. The maximum absolute atomic E-state index is 12.5. The number of para-hydroxylation sites is 1. The second kappa shape index (κ2) is 9.61. The van der Waals surface area contributed by atoms with Gasteiger partial charge in [-0.2, -0.15) is 0 Å². The molecule has 0 saturated carbocycles. The Balaban J connectivity index is 1.63. The van der Waals surface area contributed by atoms with Gasteiger partial charge >= 0.3 is 0 Å². The maximum atomic E-state index is 12.5. The van der Waals surface area contributed by atoms with Crippen LogP contribution in [0.5, 0.6) is 0 Å². The Morgan fingerprint density at radius 3 is 2.79 bits per heavy atom. The van der Waals surface area contributed by atoms with E-state index in [-0.39, 0.29) is 5.91 Å². The van der Waals surface area contributed by atoms with Gasteiger partial charge in [-0.3, -0.25) is 9.69 Å². The van der Waals surface area contributed by atoms with Gasteiger partial charge in [0.25, 0.3) is 5.91 Å². The van der Waals surface area contributed by atoms with Crippen molar-refractivity contribution >= 4 is 17.5 Å². The summed E-state index contributed by atoms with van der Waals surface area (Å²) in [5.41, 5.74) is 3.68. The van der Waals surface area contributed by atoms with E-state index in [1.54, 1.807) is 12.3 Å². The summed E-state index contributed by atoms with van der Waals surface area (Å²) in [7, 11) is 0. The van der Waals surface area contributed by atoms with Crippen LogP contribution in [0, 0.1) is 6.92 Å². The van der Waals surface area contributed by atoms with Gasteiger partial charge in [-0.25, -0.2) is 9.97 Å². The van der Waals surface area contributed by atoms with E-state index in [1.165, 1.54) is 5.56 Å². The number of aromatic nitrogens is 2. The number of morpholine rings is 1. The van der Waals surface area contributed by atoms with Crippen LogP contribution in [-0.4, -0.2) is 60.2 Å². The fraction of sp³-hybridized carbons (Fsp3) is 0.476. The average molecular weight is 383 g/mol. The third-order valence-corrected chi connectivity index (χ3v) is 4.87. The van der Waals surface area contributed by atoms with Crippen molar-refractivity contribution < 1.29 is 9.53 Å². The first kappa shape index (κ1) is 20.2. The van der Waals surface area contributed by atoms with Gasteiger partial charge < -0.3 is 15.4 Å². The predicted molar refractivity (Wildman–Crippen MR) is 110 cm³/mol. The molecule has 150 valence electrons. The highest BCUT2D eigenvalue weighted by Gasteiger charge is 2.14. The smallest absolute Gasteiger partial charge is 0.270 e. The minimum atomic E-state index is -0.187. The van der Waals surface area contributed by atoms with Crippen LogP contribution in [0.2, 0.25) is 0 Å². The maximum Gasteiger partial charge on any atom is 0.270 e. The van der Waals surface area contributed by atoms with E-state index in [4.69, 9.17) is 4.74 Å². The normalized spacial score (nSPS) is 14.9. The lowest BCUT2D eigenvalue weighted by Gasteiger charge is -2.26. The molecule has 1 fully saturated rings. The number of rotatable bonds is 7. The number of aryl methyl sites for hydroxylation is 1. The molecule has 2 aromatic rings. The molecule has 1 aromatic heterocycles.